The maximum atomic E-state index is 13.4. The SMILES string of the molecule is CC(C)[C@H](NC(=O)C(CCC(=O)O)NC(=O)[C@H](CC=O)NCCN=[N+]=[N-])C(=O)NC(CC(=O)O)C(=O)N[C@@H](C)C(=O)NCCOCCOCCOCCOCCC(=O)O. The Morgan fingerprint density at radius 3 is 1.68 bits per heavy atom. The number of hydrogen-bond donors (Lipinski definition) is 9. The molecule has 0 rings (SSSR count). The zero-order valence-electron chi connectivity index (χ0n) is 33.3. The highest BCUT2D eigenvalue weighted by atomic mass is 16.6. The number of aliphatic carboxylic acids is 3. The van der Waals surface area contributed by atoms with Gasteiger partial charge in [-0.2, -0.15) is 0 Å². The first-order valence-corrected chi connectivity index (χ1v) is 18.7. The summed E-state index contributed by atoms with van der Waals surface area (Å²) in [4.78, 5) is 112. The Morgan fingerprint density at radius 1 is 0.627 bits per heavy atom. The van der Waals surface area contributed by atoms with Gasteiger partial charge in [0, 0.05) is 37.4 Å². The van der Waals surface area contributed by atoms with Crippen molar-refractivity contribution >= 4 is 53.7 Å². The Bertz CT molecular complexity index is 1410. The Kier molecular flexibility index (Phi) is 29.5. The average Bonchev–Trinajstić information content (AvgIpc) is 3.16. The molecule has 0 aromatic carbocycles. The van der Waals surface area contributed by atoms with Gasteiger partial charge in [-0.05, 0) is 24.8 Å². The molecule has 59 heavy (non-hydrogen) atoms. The van der Waals surface area contributed by atoms with Gasteiger partial charge in [0.05, 0.1) is 71.7 Å². The number of hydrogen-bond acceptors (Lipinski definition) is 15. The van der Waals surface area contributed by atoms with Gasteiger partial charge in [0.1, 0.15) is 30.5 Å². The third-order valence-electron chi connectivity index (χ3n) is 7.73. The molecule has 0 saturated heterocycles. The summed E-state index contributed by atoms with van der Waals surface area (Å²) in [6, 6.07) is -7.01. The molecule has 0 aliphatic rings. The molecule has 0 aliphatic heterocycles. The van der Waals surface area contributed by atoms with Crippen LogP contribution in [0, 0.1) is 5.92 Å². The number of carboxylic acids is 3. The highest BCUT2D eigenvalue weighted by Gasteiger charge is 2.34. The molecule has 9 N–H and O–H groups in total. The molecule has 25 nitrogen and oxygen atoms in total. The Labute approximate surface area is 340 Å². The van der Waals surface area contributed by atoms with Crippen LogP contribution in [0.3, 0.4) is 0 Å². The summed E-state index contributed by atoms with van der Waals surface area (Å²) in [7, 11) is 0. The van der Waals surface area contributed by atoms with Crippen LogP contribution in [-0.2, 0) is 62.1 Å². The average molecular weight is 848 g/mol. The van der Waals surface area contributed by atoms with E-state index in [4.69, 9.17) is 29.6 Å². The number of aldehydes is 1. The number of azide groups is 1. The van der Waals surface area contributed by atoms with Crippen LogP contribution >= 0.6 is 0 Å². The lowest BCUT2D eigenvalue weighted by molar-refractivity contribution is -0.142. The predicted molar refractivity (Wildman–Crippen MR) is 202 cm³/mol. The largest absolute Gasteiger partial charge is 0.481 e. The highest BCUT2D eigenvalue weighted by molar-refractivity contribution is 5.97. The number of amides is 5. The second-order valence-corrected chi connectivity index (χ2v) is 12.9. The van der Waals surface area contributed by atoms with Crippen LogP contribution in [-0.4, -0.2) is 172 Å². The number of ether oxygens (including phenoxy) is 4. The fraction of sp³-hybridized carbons (Fsp3) is 0.735. The molecule has 0 spiro atoms. The molecular formula is C34H57N9O16. The standard InChI is InChI=1S/C34H57N9O16/c1-21(2)29(42-32(53)24(4-5-26(45)46)40-31(52)23(6-11-44)36-8-9-38-43-35)34(55)41-25(20-28(49)50)33(54)39-22(3)30(51)37-10-13-57-15-17-59-19-18-58-16-14-56-12-7-27(47)48/h11,21-25,29,36H,4-10,12-20H2,1-3H3,(H,37,51)(H,39,54)(H,40,52)(H,41,55)(H,42,53)(H,45,46)(H,47,48)(H,49,50)/t22-,23-,24?,25?,29-/m0/s1. The lowest BCUT2D eigenvalue weighted by Crippen LogP contribution is -2.60. The first kappa shape index (κ1) is 53.5. The minimum Gasteiger partial charge on any atom is -0.481 e. The van der Waals surface area contributed by atoms with Crippen LogP contribution in [0.2, 0.25) is 0 Å². The van der Waals surface area contributed by atoms with Crippen LogP contribution in [0.25, 0.3) is 10.4 Å². The molecule has 0 heterocycles. The van der Waals surface area contributed by atoms with Crippen molar-refractivity contribution in [2.24, 2.45) is 11.0 Å². The maximum Gasteiger partial charge on any atom is 0.305 e. The Balaban J connectivity index is 5.14. The van der Waals surface area contributed by atoms with Crippen molar-refractivity contribution in [3.8, 4) is 0 Å². The van der Waals surface area contributed by atoms with E-state index in [2.05, 4.69) is 41.9 Å². The van der Waals surface area contributed by atoms with E-state index in [9.17, 15) is 53.4 Å². The number of rotatable bonds is 36. The van der Waals surface area contributed by atoms with E-state index >= 15 is 0 Å². The van der Waals surface area contributed by atoms with Crippen molar-refractivity contribution in [2.75, 3.05) is 72.5 Å². The van der Waals surface area contributed by atoms with E-state index < -0.39 is 103 Å². The number of carbonyl (C=O) groups excluding carboxylic acids is 6. The fourth-order valence-electron chi connectivity index (χ4n) is 4.66. The quantitative estimate of drug-likeness (QED) is 0.0103. The monoisotopic (exact) mass is 847 g/mol. The topological polar surface area (TPSA) is 372 Å². The van der Waals surface area contributed by atoms with Crippen LogP contribution in [0.4, 0.5) is 0 Å². The van der Waals surface area contributed by atoms with E-state index in [-0.39, 0.29) is 78.7 Å². The van der Waals surface area contributed by atoms with Gasteiger partial charge < -0.3 is 71.0 Å². The lowest BCUT2D eigenvalue weighted by atomic mass is 10.0. The summed E-state index contributed by atoms with van der Waals surface area (Å²) in [6.07, 6.45) is -1.91. The van der Waals surface area contributed by atoms with Gasteiger partial charge in [-0.3, -0.25) is 38.4 Å². The van der Waals surface area contributed by atoms with Crippen LogP contribution < -0.4 is 31.9 Å². The van der Waals surface area contributed by atoms with Gasteiger partial charge in [-0.15, -0.1) is 0 Å². The molecule has 0 aromatic heterocycles. The van der Waals surface area contributed by atoms with E-state index in [1.54, 1.807) is 0 Å². The molecule has 0 saturated carbocycles. The van der Waals surface area contributed by atoms with E-state index in [1.807, 2.05) is 0 Å². The van der Waals surface area contributed by atoms with Gasteiger partial charge in [-0.1, -0.05) is 19.0 Å². The van der Waals surface area contributed by atoms with Crippen molar-refractivity contribution in [1.82, 2.24) is 31.9 Å². The summed E-state index contributed by atoms with van der Waals surface area (Å²) in [5.74, 6) is -8.94. The molecule has 5 atom stereocenters. The third kappa shape index (κ3) is 27.0. The van der Waals surface area contributed by atoms with Crippen molar-refractivity contribution in [1.29, 1.82) is 0 Å². The van der Waals surface area contributed by atoms with Crippen LogP contribution in [0.1, 0.15) is 52.9 Å². The van der Waals surface area contributed by atoms with Gasteiger partial charge >= 0.3 is 17.9 Å². The normalized spacial score (nSPS) is 13.4. The van der Waals surface area contributed by atoms with Crippen LogP contribution in [0.5, 0.6) is 0 Å². The second kappa shape index (κ2) is 32.5. The van der Waals surface area contributed by atoms with Gasteiger partial charge in [-0.25, -0.2) is 0 Å². The smallest absolute Gasteiger partial charge is 0.305 e. The fourth-order valence-corrected chi connectivity index (χ4v) is 4.66. The summed E-state index contributed by atoms with van der Waals surface area (Å²) >= 11 is 0. The van der Waals surface area contributed by atoms with Crippen molar-refractivity contribution < 1.29 is 77.4 Å². The third-order valence-corrected chi connectivity index (χ3v) is 7.73. The maximum absolute atomic E-state index is 13.4. The molecule has 2 unspecified atom stereocenters. The summed E-state index contributed by atoms with van der Waals surface area (Å²) in [5, 5.41) is 45.1. The number of nitrogens with one attached hydrogen (secondary N) is 6. The Hall–Kier alpha value is -5.46. The Morgan fingerprint density at radius 2 is 1.15 bits per heavy atom. The lowest BCUT2D eigenvalue weighted by Gasteiger charge is -2.28. The summed E-state index contributed by atoms with van der Waals surface area (Å²) in [5.41, 5.74) is 8.44. The molecule has 5 amide bonds. The molecule has 0 radical (unpaired) electrons. The zero-order valence-corrected chi connectivity index (χ0v) is 33.3. The molecule has 25 heteroatoms. The zero-order chi connectivity index (χ0) is 44.6. The van der Waals surface area contributed by atoms with Gasteiger partial charge in [0.2, 0.25) is 29.5 Å². The van der Waals surface area contributed by atoms with Crippen molar-refractivity contribution in [3.05, 3.63) is 10.4 Å². The molecule has 0 fully saturated rings. The van der Waals surface area contributed by atoms with E-state index in [0.29, 0.717) is 12.9 Å². The van der Waals surface area contributed by atoms with Gasteiger partial charge in [0.15, 0.2) is 0 Å². The summed E-state index contributed by atoms with van der Waals surface area (Å²) in [6.45, 7) is 6.08. The molecule has 334 valence electrons. The first-order valence-electron chi connectivity index (χ1n) is 18.7. The molecule has 0 bridgehead atoms. The molecule has 0 aliphatic carbocycles. The molecular weight excluding hydrogens is 790 g/mol. The van der Waals surface area contributed by atoms with Gasteiger partial charge in [0.25, 0.3) is 0 Å². The van der Waals surface area contributed by atoms with E-state index in [0.717, 1.165) is 0 Å². The minimum absolute atomic E-state index is 0.00351. The molecule has 0 aromatic rings. The number of carbonyl (C=O) groups is 9. The second-order valence-electron chi connectivity index (χ2n) is 12.9. The van der Waals surface area contributed by atoms with E-state index in [1.165, 1.54) is 20.8 Å². The van der Waals surface area contributed by atoms with Crippen molar-refractivity contribution in [3.63, 3.8) is 0 Å². The predicted octanol–water partition coefficient (Wildman–Crippen LogP) is -2.54. The summed E-state index contributed by atoms with van der Waals surface area (Å²) < 4.78 is 21.1. The van der Waals surface area contributed by atoms with Crippen molar-refractivity contribution in [2.45, 2.75) is 83.1 Å². The minimum atomic E-state index is -1.71. The number of carboxylic acid groups (broad SMARTS) is 3. The number of nitrogens with zero attached hydrogens (tertiary/aromatic N) is 3. The first-order chi connectivity index (χ1) is 28.0. The van der Waals surface area contributed by atoms with Crippen LogP contribution in [0.15, 0.2) is 5.11 Å². The highest BCUT2D eigenvalue weighted by Crippen LogP contribution is 2.08.